The second-order valence-corrected chi connectivity index (χ2v) is 5.80. The number of carbonyl (C=O) groups excluding carboxylic acids is 1. The lowest BCUT2D eigenvalue weighted by atomic mass is 10.1. The Morgan fingerprint density at radius 2 is 1.82 bits per heavy atom. The van der Waals surface area contributed by atoms with Crippen LogP contribution in [0.4, 0.5) is 0 Å². The number of furan rings is 1. The molecule has 118 valence electrons. The van der Waals surface area contributed by atoms with Crippen molar-refractivity contribution in [2.45, 2.75) is 20.4 Å². The average molecular weight is 363 g/mol. The molecule has 0 saturated carbocycles. The first kappa shape index (κ1) is 17.0. The van der Waals surface area contributed by atoms with Gasteiger partial charge in [-0.05, 0) is 37.1 Å². The van der Waals surface area contributed by atoms with Gasteiger partial charge in [-0.2, -0.15) is 0 Å². The summed E-state index contributed by atoms with van der Waals surface area (Å²) in [5, 5.41) is 3.77. The topological polar surface area (TPSA) is 51.5 Å². The van der Waals surface area contributed by atoms with E-state index < -0.39 is 0 Å². The minimum atomic E-state index is -0.311. The molecule has 2 aromatic rings. The molecule has 0 fully saturated rings. The van der Waals surface area contributed by atoms with Crippen molar-refractivity contribution in [3.05, 3.63) is 50.4 Å². The van der Waals surface area contributed by atoms with Gasteiger partial charge in [0, 0.05) is 5.02 Å². The number of halogens is 3. The summed E-state index contributed by atoms with van der Waals surface area (Å²) in [5.74, 6) is 0.604. The molecule has 0 saturated heterocycles. The first-order valence-electron chi connectivity index (χ1n) is 6.47. The Morgan fingerprint density at radius 1 is 1.18 bits per heavy atom. The predicted molar refractivity (Wildman–Crippen MR) is 87.0 cm³/mol. The molecular formula is C15H14Cl3NO3. The first-order valence-corrected chi connectivity index (χ1v) is 7.60. The number of hydrogen-bond donors (Lipinski definition) is 1. The zero-order chi connectivity index (χ0) is 16.3. The van der Waals surface area contributed by atoms with Crippen molar-refractivity contribution in [1.29, 1.82) is 0 Å². The molecule has 0 unspecified atom stereocenters. The van der Waals surface area contributed by atoms with Crippen LogP contribution >= 0.6 is 34.8 Å². The first-order chi connectivity index (χ1) is 10.4. The molecule has 1 aromatic heterocycles. The highest BCUT2D eigenvalue weighted by atomic mass is 35.5. The molecule has 2 rings (SSSR count). The molecule has 0 radical (unpaired) electrons. The molecule has 1 amide bonds. The minimum Gasteiger partial charge on any atom is -0.481 e. The van der Waals surface area contributed by atoms with E-state index in [4.69, 9.17) is 44.0 Å². The molecule has 0 aliphatic heterocycles. The largest absolute Gasteiger partial charge is 0.481 e. The third kappa shape index (κ3) is 3.69. The maximum Gasteiger partial charge on any atom is 0.258 e. The van der Waals surface area contributed by atoms with Crippen LogP contribution in [0.3, 0.4) is 0 Å². The van der Waals surface area contributed by atoms with Crippen molar-refractivity contribution in [3.63, 3.8) is 0 Å². The molecule has 0 atom stereocenters. The molecule has 1 aromatic carbocycles. The Labute approximate surface area is 143 Å². The van der Waals surface area contributed by atoms with E-state index in [1.807, 2.05) is 0 Å². The quantitative estimate of drug-likeness (QED) is 0.849. The Kier molecular flexibility index (Phi) is 5.62. The van der Waals surface area contributed by atoms with Crippen molar-refractivity contribution in [2.75, 3.05) is 6.61 Å². The van der Waals surface area contributed by atoms with Crippen LogP contribution in [0.15, 0.2) is 22.8 Å². The number of rotatable bonds is 5. The molecule has 0 spiro atoms. The molecule has 22 heavy (non-hydrogen) atoms. The van der Waals surface area contributed by atoms with Gasteiger partial charge in [0.1, 0.15) is 5.76 Å². The van der Waals surface area contributed by atoms with Crippen molar-refractivity contribution in [2.24, 2.45) is 0 Å². The molecule has 0 aliphatic rings. The van der Waals surface area contributed by atoms with Crippen LogP contribution in [0.25, 0.3) is 0 Å². The fourth-order valence-corrected chi connectivity index (χ4v) is 2.65. The summed E-state index contributed by atoms with van der Waals surface area (Å²) in [6, 6.07) is 3.51. The summed E-state index contributed by atoms with van der Waals surface area (Å²) >= 11 is 18.5. The van der Waals surface area contributed by atoms with E-state index in [1.165, 1.54) is 6.26 Å². The molecular weight excluding hydrogens is 349 g/mol. The average Bonchev–Trinajstić information content (AvgIpc) is 3.02. The van der Waals surface area contributed by atoms with Gasteiger partial charge in [-0.1, -0.05) is 34.8 Å². The van der Waals surface area contributed by atoms with Crippen LogP contribution in [0, 0.1) is 13.8 Å². The fourth-order valence-electron chi connectivity index (χ4n) is 1.83. The number of nitrogens with one attached hydrogen (secondary N) is 1. The smallest absolute Gasteiger partial charge is 0.258 e. The van der Waals surface area contributed by atoms with Gasteiger partial charge < -0.3 is 14.5 Å². The van der Waals surface area contributed by atoms with E-state index >= 15 is 0 Å². The van der Waals surface area contributed by atoms with Gasteiger partial charge in [-0.3, -0.25) is 4.79 Å². The van der Waals surface area contributed by atoms with Crippen LogP contribution in [-0.4, -0.2) is 12.5 Å². The predicted octanol–water partition coefficient (Wildman–Crippen LogP) is 4.55. The monoisotopic (exact) mass is 361 g/mol. The van der Waals surface area contributed by atoms with Gasteiger partial charge in [-0.25, -0.2) is 0 Å². The summed E-state index contributed by atoms with van der Waals surface area (Å²) in [6.07, 6.45) is 1.54. The Morgan fingerprint density at radius 3 is 2.36 bits per heavy atom. The lowest BCUT2D eigenvalue weighted by Gasteiger charge is -2.15. The third-order valence-corrected chi connectivity index (χ3v) is 4.58. The van der Waals surface area contributed by atoms with E-state index in [2.05, 4.69) is 5.32 Å². The van der Waals surface area contributed by atoms with Gasteiger partial charge >= 0.3 is 0 Å². The van der Waals surface area contributed by atoms with E-state index in [0.717, 1.165) is 0 Å². The summed E-state index contributed by atoms with van der Waals surface area (Å²) in [5.41, 5.74) is 1.33. The van der Waals surface area contributed by atoms with Gasteiger partial charge in [0.05, 0.1) is 22.9 Å². The maximum atomic E-state index is 11.8. The Hall–Kier alpha value is -1.36. The van der Waals surface area contributed by atoms with Crippen LogP contribution in [0.1, 0.15) is 16.9 Å². The van der Waals surface area contributed by atoms with Gasteiger partial charge in [0.2, 0.25) is 0 Å². The van der Waals surface area contributed by atoms with Gasteiger partial charge in [0.25, 0.3) is 5.91 Å². The highest BCUT2D eigenvalue weighted by molar-refractivity contribution is 6.42. The summed E-state index contributed by atoms with van der Waals surface area (Å²) in [4.78, 5) is 11.8. The highest BCUT2D eigenvalue weighted by Gasteiger charge is 2.18. The van der Waals surface area contributed by atoms with E-state index in [-0.39, 0.29) is 24.8 Å². The maximum absolute atomic E-state index is 11.8. The SMILES string of the molecule is Cc1c(Cl)c(C)c(Cl)c(OCC(=O)NCc2ccco2)c1Cl. The minimum absolute atomic E-state index is 0.208. The van der Waals surface area contributed by atoms with Gasteiger partial charge in [0.15, 0.2) is 12.4 Å². The van der Waals surface area contributed by atoms with Crippen LogP contribution in [0.5, 0.6) is 5.75 Å². The van der Waals surface area contributed by atoms with Gasteiger partial charge in [-0.15, -0.1) is 0 Å². The van der Waals surface area contributed by atoms with Crippen molar-refractivity contribution in [1.82, 2.24) is 5.32 Å². The highest BCUT2D eigenvalue weighted by Crippen LogP contribution is 2.42. The molecule has 0 bridgehead atoms. The fraction of sp³-hybridized carbons (Fsp3) is 0.267. The van der Waals surface area contributed by atoms with Crippen LogP contribution < -0.4 is 10.1 Å². The second-order valence-electron chi connectivity index (χ2n) is 4.67. The van der Waals surface area contributed by atoms with Crippen LogP contribution in [-0.2, 0) is 11.3 Å². The van der Waals surface area contributed by atoms with Crippen molar-refractivity contribution < 1.29 is 13.9 Å². The van der Waals surface area contributed by atoms with E-state index in [0.29, 0.717) is 32.0 Å². The summed E-state index contributed by atoms with van der Waals surface area (Å²) < 4.78 is 10.6. The lowest BCUT2D eigenvalue weighted by molar-refractivity contribution is -0.123. The molecule has 1 heterocycles. The molecule has 7 heteroatoms. The van der Waals surface area contributed by atoms with E-state index in [1.54, 1.807) is 26.0 Å². The number of carbonyl (C=O) groups is 1. The Balaban J connectivity index is 2.01. The molecule has 0 aliphatic carbocycles. The second kappa shape index (κ2) is 7.27. The van der Waals surface area contributed by atoms with Crippen molar-refractivity contribution >= 4 is 40.7 Å². The molecule has 1 N–H and O–H groups in total. The van der Waals surface area contributed by atoms with Crippen LogP contribution in [0.2, 0.25) is 15.1 Å². The number of ether oxygens (including phenoxy) is 1. The summed E-state index contributed by atoms with van der Waals surface area (Å²) in [7, 11) is 0. The lowest BCUT2D eigenvalue weighted by Crippen LogP contribution is -2.28. The standard InChI is InChI=1S/C15H14Cl3NO3/c1-8-12(16)9(2)14(18)15(13(8)17)22-7-11(20)19-6-10-4-3-5-21-10/h3-5H,6-7H2,1-2H3,(H,19,20). The van der Waals surface area contributed by atoms with Crippen molar-refractivity contribution in [3.8, 4) is 5.75 Å². The Bertz CT molecular complexity index is 655. The molecule has 4 nitrogen and oxygen atoms in total. The number of amides is 1. The zero-order valence-electron chi connectivity index (χ0n) is 12.0. The number of benzene rings is 1. The number of hydrogen-bond acceptors (Lipinski definition) is 3. The normalized spacial score (nSPS) is 10.6. The van der Waals surface area contributed by atoms with E-state index in [9.17, 15) is 4.79 Å². The third-order valence-electron chi connectivity index (χ3n) is 3.10. The summed E-state index contributed by atoms with van der Waals surface area (Å²) in [6.45, 7) is 3.60. The zero-order valence-corrected chi connectivity index (χ0v) is 14.3.